The molecule has 2 aromatic heterocycles. The number of aryl methyl sites for hydroxylation is 1. The number of rotatable bonds is 5. The van der Waals surface area contributed by atoms with E-state index in [1.54, 1.807) is 0 Å². The molecule has 0 spiro atoms. The molecular weight excluding hydrogens is 320 g/mol. The Hall–Kier alpha value is -2.40. The van der Waals surface area contributed by atoms with E-state index in [-0.39, 0.29) is 6.04 Å². The van der Waals surface area contributed by atoms with Gasteiger partial charge in [0.15, 0.2) is 5.82 Å². The van der Waals surface area contributed by atoms with E-state index in [0.29, 0.717) is 23.4 Å². The lowest BCUT2D eigenvalue weighted by Gasteiger charge is -2.36. The van der Waals surface area contributed by atoms with Crippen molar-refractivity contribution in [3.63, 3.8) is 0 Å². The number of anilines is 1. The number of nitriles is 1. The van der Waals surface area contributed by atoms with Crippen molar-refractivity contribution in [1.82, 2.24) is 20.0 Å². The minimum atomic E-state index is 0.0853. The number of hydrogen-bond acceptors (Lipinski definition) is 8. The van der Waals surface area contributed by atoms with Gasteiger partial charge in [0.1, 0.15) is 6.07 Å². The third-order valence-electron chi connectivity index (χ3n) is 4.96. The zero-order valence-electron chi connectivity index (χ0n) is 14.6. The largest absolute Gasteiger partial charge is 0.423 e. The van der Waals surface area contributed by atoms with Gasteiger partial charge in [-0.25, -0.2) is 4.98 Å². The molecule has 0 bridgehead atoms. The summed E-state index contributed by atoms with van der Waals surface area (Å²) in [5, 5.41) is 13.3. The van der Waals surface area contributed by atoms with E-state index in [1.165, 1.54) is 0 Å². The first kappa shape index (κ1) is 16.1. The van der Waals surface area contributed by atoms with E-state index in [2.05, 4.69) is 37.9 Å². The smallest absolute Gasteiger partial charge is 0.243 e. The highest BCUT2D eigenvalue weighted by atomic mass is 16.5. The van der Waals surface area contributed by atoms with E-state index in [0.717, 1.165) is 57.2 Å². The topological polar surface area (TPSA) is 95.2 Å². The van der Waals surface area contributed by atoms with E-state index < -0.39 is 0 Å². The zero-order chi connectivity index (χ0) is 17.4. The number of aromatic nitrogens is 3. The maximum atomic E-state index is 9.34. The molecule has 25 heavy (non-hydrogen) atoms. The van der Waals surface area contributed by atoms with Crippen molar-refractivity contribution in [1.29, 1.82) is 5.26 Å². The molecule has 0 aromatic carbocycles. The molecule has 1 saturated carbocycles. The monoisotopic (exact) mass is 342 g/mol. The second-order valence-corrected chi connectivity index (χ2v) is 6.69. The molecule has 2 aromatic rings. The molecule has 1 aliphatic heterocycles. The highest BCUT2D eigenvalue weighted by Gasteiger charge is 2.33. The van der Waals surface area contributed by atoms with Gasteiger partial charge >= 0.3 is 0 Å². The predicted octanol–water partition coefficient (Wildman–Crippen LogP) is 2.25. The van der Waals surface area contributed by atoms with E-state index in [9.17, 15) is 5.26 Å². The Bertz CT molecular complexity index is 779. The summed E-state index contributed by atoms with van der Waals surface area (Å²) in [5.41, 5.74) is 0.410. The number of nitrogens with zero attached hydrogens (tertiary/aromatic N) is 6. The molecule has 8 heteroatoms. The summed E-state index contributed by atoms with van der Waals surface area (Å²) in [6.45, 7) is 7.35. The fourth-order valence-electron chi connectivity index (χ4n) is 3.17. The third kappa shape index (κ3) is 3.12. The van der Waals surface area contributed by atoms with Crippen molar-refractivity contribution in [3.05, 3.63) is 23.3 Å². The second kappa shape index (κ2) is 6.48. The van der Waals surface area contributed by atoms with Crippen LogP contribution in [0.4, 0.5) is 5.88 Å². The van der Waals surface area contributed by atoms with Crippen LogP contribution in [0.15, 0.2) is 8.94 Å². The quantitative estimate of drug-likeness (QED) is 0.816. The third-order valence-corrected chi connectivity index (χ3v) is 4.96. The average Bonchev–Trinajstić information content (AvgIpc) is 3.23. The van der Waals surface area contributed by atoms with Gasteiger partial charge in [-0.15, -0.1) is 0 Å². The summed E-state index contributed by atoms with van der Waals surface area (Å²) < 4.78 is 11.3. The highest BCUT2D eigenvalue weighted by molar-refractivity contribution is 5.48. The lowest BCUT2D eigenvalue weighted by molar-refractivity contribution is 0.162. The summed E-state index contributed by atoms with van der Waals surface area (Å²) in [7, 11) is 0. The van der Waals surface area contributed by atoms with Crippen LogP contribution < -0.4 is 4.90 Å². The average molecular weight is 342 g/mol. The summed E-state index contributed by atoms with van der Waals surface area (Å²) in [4.78, 5) is 13.2. The van der Waals surface area contributed by atoms with Crippen molar-refractivity contribution in [2.24, 2.45) is 0 Å². The van der Waals surface area contributed by atoms with Gasteiger partial charge in [0.25, 0.3) is 0 Å². The zero-order valence-corrected chi connectivity index (χ0v) is 14.6. The Labute approximate surface area is 146 Å². The molecule has 3 heterocycles. The summed E-state index contributed by atoms with van der Waals surface area (Å²) in [6, 6.07) is 2.26. The summed E-state index contributed by atoms with van der Waals surface area (Å²) in [5.74, 6) is 3.17. The van der Waals surface area contributed by atoms with Crippen molar-refractivity contribution < 1.29 is 8.94 Å². The first-order chi connectivity index (χ1) is 12.2. The number of hydrogen-bond donors (Lipinski definition) is 0. The number of oxazole rings is 1. The van der Waals surface area contributed by atoms with Crippen LogP contribution >= 0.6 is 0 Å². The molecule has 0 N–H and O–H groups in total. The number of piperazine rings is 1. The Morgan fingerprint density at radius 3 is 2.60 bits per heavy atom. The SMILES string of the molecule is CCc1noc([C@@H](C)N2CCN(c3oc(C4CC4)nc3C#N)CC2)n1. The van der Waals surface area contributed by atoms with Gasteiger partial charge in [0.05, 0.1) is 6.04 Å². The van der Waals surface area contributed by atoms with Crippen LogP contribution in [0, 0.1) is 11.3 Å². The predicted molar refractivity (Wildman–Crippen MR) is 89.1 cm³/mol. The Kier molecular flexibility index (Phi) is 4.17. The van der Waals surface area contributed by atoms with E-state index in [1.807, 2.05) is 6.92 Å². The molecule has 2 aliphatic rings. The first-order valence-corrected chi connectivity index (χ1v) is 8.92. The van der Waals surface area contributed by atoms with Crippen LogP contribution in [0.3, 0.4) is 0 Å². The minimum Gasteiger partial charge on any atom is -0.423 e. The molecule has 0 radical (unpaired) electrons. The van der Waals surface area contributed by atoms with E-state index >= 15 is 0 Å². The standard InChI is InChI=1S/C17H22N6O2/c1-3-14-20-15(25-21-14)11(2)22-6-8-23(9-7-22)17-13(10-18)19-16(24-17)12-4-5-12/h11-12H,3-9H2,1-2H3/t11-/m1/s1. The van der Waals surface area contributed by atoms with Crippen LogP contribution in [-0.2, 0) is 6.42 Å². The van der Waals surface area contributed by atoms with Crippen molar-refractivity contribution in [2.45, 2.75) is 45.1 Å². The lowest BCUT2D eigenvalue weighted by atomic mass is 10.2. The van der Waals surface area contributed by atoms with Gasteiger partial charge in [-0.05, 0) is 19.8 Å². The van der Waals surface area contributed by atoms with Crippen molar-refractivity contribution >= 4 is 5.88 Å². The molecule has 2 fully saturated rings. The maximum absolute atomic E-state index is 9.34. The van der Waals surface area contributed by atoms with Gasteiger partial charge in [0, 0.05) is 38.5 Å². The summed E-state index contributed by atoms with van der Waals surface area (Å²) >= 11 is 0. The van der Waals surface area contributed by atoms with Gasteiger partial charge in [-0.2, -0.15) is 10.2 Å². The van der Waals surface area contributed by atoms with Gasteiger partial charge in [-0.3, -0.25) is 4.90 Å². The van der Waals surface area contributed by atoms with Gasteiger partial charge in [-0.1, -0.05) is 12.1 Å². The van der Waals surface area contributed by atoms with Crippen LogP contribution in [-0.4, -0.2) is 46.2 Å². The second-order valence-electron chi connectivity index (χ2n) is 6.69. The van der Waals surface area contributed by atoms with Crippen LogP contribution in [0.2, 0.25) is 0 Å². The van der Waals surface area contributed by atoms with Crippen LogP contribution in [0.5, 0.6) is 0 Å². The molecule has 4 rings (SSSR count). The van der Waals surface area contributed by atoms with Gasteiger partial charge in [0.2, 0.25) is 23.4 Å². The summed E-state index contributed by atoms with van der Waals surface area (Å²) in [6.07, 6.45) is 3.00. The Morgan fingerprint density at radius 1 is 1.24 bits per heavy atom. The molecule has 8 nitrogen and oxygen atoms in total. The minimum absolute atomic E-state index is 0.0853. The molecule has 1 atom stereocenters. The molecule has 1 saturated heterocycles. The van der Waals surface area contributed by atoms with Crippen molar-refractivity contribution in [2.75, 3.05) is 31.1 Å². The lowest BCUT2D eigenvalue weighted by Crippen LogP contribution is -2.47. The maximum Gasteiger partial charge on any atom is 0.243 e. The van der Waals surface area contributed by atoms with Gasteiger partial charge < -0.3 is 13.8 Å². The normalized spacial score (nSPS) is 19.8. The first-order valence-electron chi connectivity index (χ1n) is 8.92. The fourth-order valence-corrected chi connectivity index (χ4v) is 3.17. The molecule has 0 amide bonds. The highest BCUT2D eigenvalue weighted by Crippen LogP contribution is 2.41. The fraction of sp³-hybridized carbons (Fsp3) is 0.647. The molecule has 1 aliphatic carbocycles. The Morgan fingerprint density at radius 2 is 2.00 bits per heavy atom. The van der Waals surface area contributed by atoms with Crippen LogP contribution in [0.1, 0.15) is 61.9 Å². The van der Waals surface area contributed by atoms with Crippen molar-refractivity contribution in [3.8, 4) is 6.07 Å². The Balaban J connectivity index is 1.42. The molecule has 132 valence electrons. The van der Waals surface area contributed by atoms with Crippen LogP contribution in [0.25, 0.3) is 0 Å². The molecule has 0 unspecified atom stereocenters. The van der Waals surface area contributed by atoms with E-state index in [4.69, 9.17) is 8.94 Å². The molecular formula is C17H22N6O2.